The molecule has 18 heavy (non-hydrogen) atoms. The van der Waals surface area contributed by atoms with Gasteiger partial charge < -0.3 is 0 Å². The summed E-state index contributed by atoms with van der Waals surface area (Å²) in [6.45, 7) is 2.05. The summed E-state index contributed by atoms with van der Waals surface area (Å²) in [5.41, 5.74) is 0.814. The molecule has 1 aliphatic rings. The van der Waals surface area contributed by atoms with Crippen LogP contribution in [0.4, 0.5) is 0 Å². The highest BCUT2D eigenvalue weighted by Crippen LogP contribution is 2.39. The maximum absolute atomic E-state index is 12.5. The van der Waals surface area contributed by atoms with Gasteiger partial charge in [-0.05, 0) is 36.3 Å². The maximum atomic E-state index is 12.5. The molecule has 2 heteroatoms. The Labute approximate surface area is 112 Å². The number of hydrogen-bond acceptors (Lipinski definition) is 1. The SMILES string of the molecule is CC(C(=O)c1ccc(Cl)c2ccccc12)C1CC1. The first-order valence-electron chi connectivity index (χ1n) is 6.40. The van der Waals surface area contributed by atoms with E-state index in [0.717, 1.165) is 16.3 Å². The predicted octanol–water partition coefficient (Wildman–Crippen LogP) is 4.72. The van der Waals surface area contributed by atoms with E-state index < -0.39 is 0 Å². The minimum atomic E-state index is 0.134. The Morgan fingerprint density at radius 1 is 1.17 bits per heavy atom. The summed E-state index contributed by atoms with van der Waals surface area (Å²) < 4.78 is 0. The van der Waals surface area contributed by atoms with Crippen molar-refractivity contribution in [3.8, 4) is 0 Å². The summed E-state index contributed by atoms with van der Waals surface area (Å²) in [6, 6.07) is 11.6. The van der Waals surface area contributed by atoms with Crippen LogP contribution in [0.3, 0.4) is 0 Å². The molecule has 0 heterocycles. The van der Waals surface area contributed by atoms with Gasteiger partial charge in [0, 0.05) is 21.9 Å². The number of ketones is 1. The van der Waals surface area contributed by atoms with Crippen LogP contribution in [-0.2, 0) is 0 Å². The first kappa shape index (κ1) is 11.7. The Kier molecular flexibility index (Phi) is 2.87. The second kappa shape index (κ2) is 4.40. The van der Waals surface area contributed by atoms with Gasteiger partial charge >= 0.3 is 0 Å². The third-order valence-electron chi connectivity index (χ3n) is 3.88. The van der Waals surface area contributed by atoms with Gasteiger partial charge in [0.1, 0.15) is 0 Å². The van der Waals surface area contributed by atoms with Crippen LogP contribution in [-0.4, -0.2) is 5.78 Å². The van der Waals surface area contributed by atoms with Crippen molar-refractivity contribution < 1.29 is 4.79 Å². The van der Waals surface area contributed by atoms with Crippen molar-refractivity contribution >= 4 is 28.2 Å². The average Bonchev–Trinajstić information content (AvgIpc) is 3.22. The van der Waals surface area contributed by atoms with Crippen LogP contribution in [0.15, 0.2) is 36.4 Å². The summed E-state index contributed by atoms with van der Waals surface area (Å²) in [5.74, 6) is 0.979. The minimum absolute atomic E-state index is 0.134. The molecular formula is C16H15ClO. The lowest BCUT2D eigenvalue weighted by molar-refractivity contribution is 0.0918. The monoisotopic (exact) mass is 258 g/mol. The maximum Gasteiger partial charge on any atom is 0.166 e. The van der Waals surface area contributed by atoms with Crippen molar-refractivity contribution in [1.29, 1.82) is 0 Å². The van der Waals surface area contributed by atoms with Crippen LogP contribution in [0.25, 0.3) is 10.8 Å². The molecule has 0 aliphatic heterocycles. The third-order valence-corrected chi connectivity index (χ3v) is 4.21. The number of carbonyl (C=O) groups is 1. The lowest BCUT2D eigenvalue weighted by Gasteiger charge is -2.12. The fourth-order valence-electron chi connectivity index (χ4n) is 2.53. The van der Waals surface area contributed by atoms with Crippen LogP contribution in [0, 0.1) is 11.8 Å². The second-order valence-electron chi connectivity index (χ2n) is 5.13. The van der Waals surface area contributed by atoms with E-state index in [1.807, 2.05) is 43.3 Å². The van der Waals surface area contributed by atoms with Crippen LogP contribution in [0.5, 0.6) is 0 Å². The Morgan fingerprint density at radius 2 is 1.83 bits per heavy atom. The molecule has 1 atom stereocenters. The molecule has 0 bridgehead atoms. The van der Waals surface area contributed by atoms with Crippen LogP contribution < -0.4 is 0 Å². The number of carbonyl (C=O) groups excluding carboxylic acids is 1. The van der Waals surface area contributed by atoms with Gasteiger partial charge in [-0.3, -0.25) is 4.79 Å². The first-order chi connectivity index (χ1) is 8.68. The van der Waals surface area contributed by atoms with Crippen LogP contribution in [0.1, 0.15) is 30.1 Å². The molecule has 3 rings (SSSR count). The Hall–Kier alpha value is -1.34. The minimum Gasteiger partial charge on any atom is -0.294 e. The number of fused-ring (bicyclic) bond motifs is 1. The lowest BCUT2D eigenvalue weighted by Crippen LogP contribution is -2.13. The van der Waals surface area contributed by atoms with Crippen LogP contribution in [0.2, 0.25) is 5.02 Å². The van der Waals surface area contributed by atoms with Gasteiger partial charge in [0.25, 0.3) is 0 Å². The molecule has 2 aromatic rings. The second-order valence-corrected chi connectivity index (χ2v) is 5.54. The van der Waals surface area contributed by atoms with Gasteiger partial charge in [-0.15, -0.1) is 0 Å². The lowest BCUT2D eigenvalue weighted by atomic mass is 9.92. The smallest absolute Gasteiger partial charge is 0.166 e. The number of hydrogen-bond donors (Lipinski definition) is 0. The first-order valence-corrected chi connectivity index (χ1v) is 6.77. The van der Waals surface area contributed by atoms with Crippen molar-refractivity contribution in [2.24, 2.45) is 11.8 Å². The fraction of sp³-hybridized carbons (Fsp3) is 0.312. The Bertz CT molecular complexity index is 614. The molecule has 0 aromatic heterocycles. The standard InChI is InChI=1S/C16H15ClO/c1-10(11-6-7-11)16(18)14-8-9-15(17)13-5-3-2-4-12(13)14/h2-5,8-11H,6-7H2,1H3. The predicted molar refractivity (Wildman–Crippen MR) is 75.2 cm³/mol. The molecule has 1 nitrogen and oxygen atoms in total. The zero-order valence-electron chi connectivity index (χ0n) is 10.3. The largest absolute Gasteiger partial charge is 0.294 e. The molecule has 1 unspecified atom stereocenters. The van der Waals surface area contributed by atoms with Crippen molar-refractivity contribution in [2.45, 2.75) is 19.8 Å². The summed E-state index contributed by atoms with van der Waals surface area (Å²) >= 11 is 6.18. The molecule has 0 N–H and O–H groups in total. The highest BCUT2D eigenvalue weighted by atomic mass is 35.5. The van der Waals surface area contributed by atoms with Gasteiger partial charge in [0.05, 0.1) is 0 Å². The molecule has 1 fully saturated rings. The van der Waals surface area contributed by atoms with E-state index in [-0.39, 0.29) is 11.7 Å². The van der Waals surface area contributed by atoms with Gasteiger partial charge in [-0.1, -0.05) is 42.8 Å². The normalized spacial score (nSPS) is 16.8. The molecule has 1 aliphatic carbocycles. The Morgan fingerprint density at radius 3 is 2.50 bits per heavy atom. The van der Waals surface area contributed by atoms with E-state index in [2.05, 4.69) is 0 Å². The van der Waals surface area contributed by atoms with Gasteiger partial charge in [-0.2, -0.15) is 0 Å². The zero-order chi connectivity index (χ0) is 12.7. The summed E-state index contributed by atoms with van der Waals surface area (Å²) in [6.07, 6.45) is 2.39. The number of halogens is 1. The van der Waals surface area contributed by atoms with Crippen molar-refractivity contribution in [3.63, 3.8) is 0 Å². The molecule has 0 spiro atoms. The van der Waals surface area contributed by atoms with E-state index in [1.165, 1.54) is 12.8 Å². The average molecular weight is 259 g/mol. The molecule has 1 saturated carbocycles. The molecule has 92 valence electrons. The molecular weight excluding hydrogens is 244 g/mol. The molecule has 0 saturated heterocycles. The highest BCUT2D eigenvalue weighted by molar-refractivity contribution is 6.36. The number of benzene rings is 2. The summed E-state index contributed by atoms with van der Waals surface area (Å²) in [7, 11) is 0. The molecule has 2 aromatic carbocycles. The summed E-state index contributed by atoms with van der Waals surface area (Å²) in [5, 5.41) is 2.65. The van der Waals surface area contributed by atoms with E-state index in [1.54, 1.807) is 0 Å². The van der Waals surface area contributed by atoms with E-state index >= 15 is 0 Å². The van der Waals surface area contributed by atoms with Gasteiger partial charge in [-0.25, -0.2) is 0 Å². The number of Topliss-reactive ketones (excluding diaryl/α,β-unsaturated/α-hetero) is 1. The summed E-state index contributed by atoms with van der Waals surface area (Å²) in [4.78, 5) is 12.5. The van der Waals surface area contributed by atoms with Gasteiger partial charge in [0.2, 0.25) is 0 Å². The van der Waals surface area contributed by atoms with Crippen molar-refractivity contribution in [1.82, 2.24) is 0 Å². The highest BCUT2D eigenvalue weighted by Gasteiger charge is 2.33. The van der Waals surface area contributed by atoms with Crippen LogP contribution >= 0.6 is 11.6 Å². The molecule has 0 amide bonds. The Balaban J connectivity index is 2.11. The fourth-order valence-corrected chi connectivity index (χ4v) is 2.76. The van der Waals surface area contributed by atoms with Gasteiger partial charge in [0.15, 0.2) is 5.78 Å². The van der Waals surface area contributed by atoms with E-state index in [4.69, 9.17) is 11.6 Å². The van der Waals surface area contributed by atoms with E-state index in [9.17, 15) is 4.79 Å². The quantitative estimate of drug-likeness (QED) is 0.728. The third kappa shape index (κ3) is 1.93. The zero-order valence-corrected chi connectivity index (χ0v) is 11.1. The van der Waals surface area contributed by atoms with Crippen molar-refractivity contribution in [3.05, 3.63) is 47.0 Å². The number of rotatable bonds is 3. The molecule has 0 radical (unpaired) electrons. The topological polar surface area (TPSA) is 17.1 Å². The van der Waals surface area contributed by atoms with E-state index in [0.29, 0.717) is 10.9 Å². The van der Waals surface area contributed by atoms with Crippen molar-refractivity contribution in [2.75, 3.05) is 0 Å².